The van der Waals surface area contributed by atoms with Crippen molar-refractivity contribution in [3.05, 3.63) is 17.5 Å². The maximum absolute atomic E-state index is 11.7. The fraction of sp³-hybridized carbons (Fsp3) is 0.643. The lowest BCUT2D eigenvalue weighted by atomic mass is 9.94. The van der Waals surface area contributed by atoms with Gasteiger partial charge in [0.05, 0.1) is 0 Å². The van der Waals surface area contributed by atoms with Crippen LogP contribution in [-0.2, 0) is 4.79 Å². The molecule has 1 heterocycles. The zero-order valence-corrected chi connectivity index (χ0v) is 12.0. The van der Waals surface area contributed by atoms with Crippen molar-refractivity contribution in [1.82, 2.24) is 10.5 Å². The maximum atomic E-state index is 11.7. The summed E-state index contributed by atoms with van der Waals surface area (Å²) in [6.45, 7) is 4.33. The second-order valence-corrected chi connectivity index (χ2v) is 4.95. The topological polar surface area (TPSA) is 92.4 Å². The van der Waals surface area contributed by atoms with E-state index in [9.17, 15) is 9.59 Å². The Hall–Kier alpha value is -1.85. The minimum absolute atomic E-state index is 0.182. The number of nitrogens with zero attached hydrogens (tertiary/aromatic N) is 1. The minimum atomic E-state index is -0.770. The second-order valence-electron chi connectivity index (χ2n) is 4.95. The summed E-state index contributed by atoms with van der Waals surface area (Å²) in [6.07, 6.45) is 3.61. The molecule has 6 nitrogen and oxygen atoms in total. The molecule has 112 valence electrons. The SMILES string of the molecule is CCCC(CCNC(=O)c1cc(C)on1)CCC(=O)O. The summed E-state index contributed by atoms with van der Waals surface area (Å²) < 4.78 is 4.84. The van der Waals surface area contributed by atoms with E-state index in [2.05, 4.69) is 17.4 Å². The molecule has 0 bridgehead atoms. The molecule has 0 radical (unpaired) electrons. The molecule has 1 unspecified atom stereocenters. The Morgan fingerprint density at radius 2 is 2.15 bits per heavy atom. The molecule has 1 atom stereocenters. The van der Waals surface area contributed by atoms with Crippen molar-refractivity contribution in [2.45, 2.75) is 46.0 Å². The van der Waals surface area contributed by atoms with Gasteiger partial charge in [0.25, 0.3) is 5.91 Å². The molecule has 0 saturated heterocycles. The van der Waals surface area contributed by atoms with Gasteiger partial charge in [0, 0.05) is 19.0 Å². The molecule has 0 fully saturated rings. The van der Waals surface area contributed by atoms with Crippen LogP contribution in [0.4, 0.5) is 0 Å². The molecule has 1 amide bonds. The highest BCUT2D eigenvalue weighted by molar-refractivity contribution is 5.92. The standard InChI is InChI=1S/C14H22N2O4/c1-3-4-11(5-6-13(17)18)7-8-15-14(19)12-9-10(2)20-16-12/h9,11H,3-8H2,1-2H3,(H,15,19)(H,17,18). The van der Waals surface area contributed by atoms with Gasteiger partial charge in [0.15, 0.2) is 5.69 Å². The highest BCUT2D eigenvalue weighted by Gasteiger charge is 2.13. The Morgan fingerprint density at radius 3 is 2.70 bits per heavy atom. The lowest BCUT2D eigenvalue weighted by Crippen LogP contribution is -2.26. The van der Waals surface area contributed by atoms with Crippen molar-refractivity contribution in [2.75, 3.05) is 6.54 Å². The summed E-state index contributed by atoms with van der Waals surface area (Å²) in [5.41, 5.74) is 0.278. The third-order valence-electron chi connectivity index (χ3n) is 3.16. The van der Waals surface area contributed by atoms with Gasteiger partial charge < -0.3 is 14.9 Å². The largest absolute Gasteiger partial charge is 0.481 e. The summed E-state index contributed by atoms with van der Waals surface area (Å²) in [5.74, 6) is -0.0977. The van der Waals surface area contributed by atoms with Crippen LogP contribution in [0.3, 0.4) is 0 Å². The molecule has 0 aromatic carbocycles. The summed E-state index contributed by atoms with van der Waals surface area (Å²) in [4.78, 5) is 22.3. The normalized spacial score (nSPS) is 12.1. The molecule has 0 spiro atoms. The predicted molar refractivity (Wildman–Crippen MR) is 73.5 cm³/mol. The zero-order chi connectivity index (χ0) is 15.0. The first-order chi connectivity index (χ1) is 9.52. The van der Waals surface area contributed by atoms with Crippen LogP contribution in [0.15, 0.2) is 10.6 Å². The highest BCUT2D eigenvalue weighted by Crippen LogP contribution is 2.17. The Labute approximate surface area is 118 Å². The molecule has 20 heavy (non-hydrogen) atoms. The van der Waals surface area contributed by atoms with Crippen LogP contribution >= 0.6 is 0 Å². The van der Waals surface area contributed by atoms with Crippen molar-refractivity contribution in [3.63, 3.8) is 0 Å². The monoisotopic (exact) mass is 282 g/mol. The number of carboxylic acid groups (broad SMARTS) is 1. The number of aromatic nitrogens is 1. The Bertz CT molecular complexity index is 442. The van der Waals surface area contributed by atoms with Crippen LogP contribution in [0.2, 0.25) is 0 Å². The van der Waals surface area contributed by atoms with Crippen LogP contribution in [0, 0.1) is 12.8 Å². The van der Waals surface area contributed by atoms with Crippen LogP contribution in [0.25, 0.3) is 0 Å². The highest BCUT2D eigenvalue weighted by atomic mass is 16.5. The Balaban J connectivity index is 2.32. The first-order valence-electron chi connectivity index (χ1n) is 6.96. The number of rotatable bonds is 9. The molecule has 6 heteroatoms. The smallest absolute Gasteiger partial charge is 0.303 e. The number of carboxylic acids is 1. The van der Waals surface area contributed by atoms with E-state index >= 15 is 0 Å². The fourth-order valence-corrected chi connectivity index (χ4v) is 2.12. The molecule has 1 rings (SSSR count). The van der Waals surface area contributed by atoms with Crippen LogP contribution in [0.5, 0.6) is 0 Å². The van der Waals surface area contributed by atoms with Gasteiger partial charge in [-0.15, -0.1) is 0 Å². The molecule has 0 aliphatic carbocycles. The van der Waals surface area contributed by atoms with Gasteiger partial charge in [-0.3, -0.25) is 9.59 Å². The summed E-state index contributed by atoms with van der Waals surface area (Å²) in [7, 11) is 0. The molecule has 2 N–H and O–H groups in total. The van der Waals surface area contributed by atoms with Crippen molar-refractivity contribution in [2.24, 2.45) is 5.92 Å². The van der Waals surface area contributed by atoms with Gasteiger partial charge in [0.1, 0.15) is 5.76 Å². The summed E-state index contributed by atoms with van der Waals surface area (Å²) in [5, 5.41) is 15.1. The number of hydrogen-bond acceptors (Lipinski definition) is 4. The van der Waals surface area contributed by atoms with Crippen molar-refractivity contribution in [1.29, 1.82) is 0 Å². The molecule has 0 aliphatic heterocycles. The third-order valence-corrected chi connectivity index (χ3v) is 3.16. The molecule has 0 aliphatic rings. The van der Waals surface area contributed by atoms with Crippen molar-refractivity contribution < 1.29 is 19.2 Å². The van der Waals surface area contributed by atoms with E-state index in [1.165, 1.54) is 0 Å². The zero-order valence-electron chi connectivity index (χ0n) is 12.0. The number of carbonyl (C=O) groups excluding carboxylic acids is 1. The molecule has 1 aromatic rings. The number of amides is 1. The molecular formula is C14H22N2O4. The molecular weight excluding hydrogens is 260 g/mol. The van der Waals surface area contributed by atoms with E-state index in [1.54, 1.807) is 13.0 Å². The number of hydrogen-bond donors (Lipinski definition) is 2. The van der Waals surface area contributed by atoms with E-state index in [4.69, 9.17) is 9.63 Å². The van der Waals surface area contributed by atoms with Gasteiger partial charge in [-0.1, -0.05) is 24.9 Å². The van der Waals surface area contributed by atoms with Crippen LogP contribution in [-0.4, -0.2) is 28.7 Å². The quantitative estimate of drug-likeness (QED) is 0.725. The molecule has 0 saturated carbocycles. The summed E-state index contributed by atoms with van der Waals surface area (Å²) in [6, 6.07) is 1.59. The average molecular weight is 282 g/mol. The number of aliphatic carboxylic acids is 1. The van der Waals surface area contributed by atoms with E-state index in [-0.39, 0.29) is 18.0 Å². The number of carbonyl (C=O) groups is 2. The van der Waals surface area contributed by atoms with Gasteiger partial charge in [-0.2, -0.15) is 0 Å². The Kier molecular flexibility index (Phi) is 6.76. The lowest BCUT2D eigenvalue weighted by molar-refractivity contribution is -0.137. The van der Waals surface area contributed by atoms with E-state index in [1.807, 2.05) is 0 Å². The van der Waals surface area contributed by atoms with Crippen LogP contribution < -0.4 is 5.32 Å². The number of nitrogens with one attached hydrogen (secondary N) is 1. The average Bonchev–Trinajstić information content (AvgIpc) is 2.82. The molecule has 1 aromatic heterocycles. The third kappa shape index (κ3) is 5.86. The van der Waals surface area contributed by atoms with Gasteiger partial charge in [-0.05, 0) is 25.7 Å². The van der Waals surface area contributed by atoms with Crippen molar-refractivity contribution in [3.8, 4) is 0 Å². The van der Waals surface area contributed by atoms with Crippen molar-refractivity contribution >= 4 is 11.9 Å². The Morgan fingerprint density at radius 1 is 1.40 bits per heavy atom. The first-order valence-corrected chi connectivity index (χ1v) is 6.96. The lowest BCUT2D eigenvalue weighted by Gasteiger charge is -2.15. The van der Waals surface area contributed by atoms with E-state index in [0.29, 0.717) is 24.6 Å². The van der Waals surface area contributed by atoms with Gasteiger partial charge in [0.2, 0.25) is 0 Å². The van der Waals surface area contributed by atoms with Gasteiger partial charge >= 0.3 is 5.97 Å². The second kappa shape index (κ2) is 8.35. The van der Waals surface area contributed by atoms with E-state index < -0.39 is 5.97 Å². The van der Waals surface area contributed by atoms with Crippen LogP contribution in [0.1, 0.15) is 55.3 Å². The number of aryl methyl sites for hydroxylation is 1. The fourth-order valence-electron chi connectivity index (χ4n) is 2.12. The minimum Gasteiger partial charge on any atom is -0.481 e. The van der Waals surface area contributed by atoms with Gasteiger partial charge in [-0.25, -0.2) is 0 Å². The summed E-state index contributed by atoms with van der Waals surface area (Å²) >= 11 is 0. The van der Waals surface area contributed by atoms with E-state index in [0.717, 1.165) is 19.3 Å². The maximum Gasteiger partial charge on any atom is 0.303 e. The first kappa shape index (κ1) is 16.2. The predicted octanol–water partition coefficient (Wildman–Crippen LogP) is 2.38.